The van der Waals surface area contributed by atoms with Crippen LogP contribution in [0.2, 0.25) is 5.02 Å². The number of hydrogen-bond donors (Lipinski definition) is 2. The second kappa shape index (κ2) is 12.1. The fourth-order valence-electron chi connectivity index (χ4n) is 4.61. The van der Waals surface area contributed by atoms with Crippen LogP contribution < -0.4 is 15.4 Å². The number of aromatic nitrogens is 2. The molecule has 1 amide bonds. The highest BCUT2D eigenvalue weighted by molar-refractivity contribution is 7.91. The Morgan fingerprint density at radius 1 is 1.26 bits per heavy atom. The van der Waals surface area contributed by atoms with E-state index >= 15 is 0 Å². The Labute approximate surface area is 226 Å². The Kier molecular flexibility index (Phi) is 9.62. The predicted octanol–water partition coefficient (Wildman–Crippen LogP) is 5.32. The standard InChI is InChI=1S/C25H34ClF3N4O4S/c1-5-12-33-23(19-11-8-17(13-20(19)37-3)31-15(2)25(27,28)29)21(26)22(32-33)24(34)30-14-16-6-9-18(10-7-16)38(4,35)36/h8,11,13,15-16,18,31H,5-7,9-10,12,14H2,1-4H3,(H,30,34). The molecule has 1 aliphatic carbocycles. The second-order valence-electron chi connectivity index (χ2n) is 9.74. The molecule has 0 radical (unpaired) electrons. The van der Waals surface area contributed by atoms with E-state index in [0.717, 1.165) is 6.92 Å². The zero-order chi connectivity index (χ0) is 28.3. The van der Waals surface area contributed by atoms with Crippen LogP contribution in [0, 0.1) is 5.92 Å². The minimum atomic E-state index is -4.41. The molecule has 1 aliphatic rings. The van der Waals surface area contributed by atoms with Gasteiger partial charge in [-0.3, -0.25) is 9.48 Å². The number of sulfone groups is 1. The lowest BCUT2D eigenvalue weighted by Crippen LogP contribution is -2.34. The Balaban J connectivity index is 1.81. The van der Waals surface area contributed by atoms with Gasteiger partial charge in [-0.15, -0.1) is 0 Å². The SMILES string of the molecule is CCCn1nc(C(=O)NCC2CCC(S(C)(=O)=O)CC2)c(Cl)c1-c1ccc(NC(C)C(F)(F)F)cc1OC. The lowest BCUT2D eigenvalue weighted by Gasteiger charge is -2.27. The molecule has 0 saturated heterocycles. The minimum absolute atomic E-state index is 0.0369. The molecule has 2 N–H and O–H groups in total. The molecule has 1 unspecified atom stereocenters. The largest absolute Gasteiger partial charge is 0.496 e. The van der Waals surface area contributed by atoms with Crippen LogP contribution in [0.1, 0.15) is 56.4 Å². The lowest BCUT2D eigenvalue weighted by molar-refractivity contribution is -0.138. The number of benzene rings is 1. The van der Waals surface area contributed by atoms with Gasteiger partial charge in [-0.05, 0) is 57.1 Å². The van der Waals surface area contributed by atoms with Crippen molar-refractivity contribution in [1.82, 2.24) is 15.1 Å². The summed E-state index contributed by atoms with van der Waals surface area (Å²) >= 11 is 6.67. The quantitative estimate of drug-likeness (QED) is 0.396. The topological polar surface area (TPSA) is 102 Å². The van der Waals surface area contributed by atoms with Gasteiger partial charge in [0.15, 0.2) is 5.69 Å². The predicted molar refractivity (Wildman–Crippen MR) is 142 cm³/mol. The number of ether oxygens (including phenoxy) is 1. The molecule has 1 fully saturated rings. The number of nitrogens with zero attached hydrogens (tertiary/aromatic N) is 2. The van der Waals surface area contributed by atoms with Crippen LogP contribution in [0.5, 0.6) is 5.75 Å². The van der Waals surface area contributed by atoms with Crippen molar-refractivity contribution in [1.29, 1.82) is 0 Å². The van der Waals surface area contributed by atoms with Crippen molar-refractivity contribution in [3.8, 4) is 17.0 Å². The summed E-state index contributed by atoms with van der Waals surface area (Å²) in [4.78, 5) is 13.0. The maximum absolute atomic E-state index is 13.0. The summed E-state index contributed by atoms with van der Waals surface area (Å²) in [5.74, 6) is -0.0159. The van der Waals surface area contributed by atoms with Gasteiger partial charge in [0, 0.05) is 36.7 Å². The molecule has 1 aromatic heterocycles. The number of aryl methyl sites for hydroxylation is 1. The molecule has 0 aliphatic heterocycles. The highest BCUT2D eigenvalue weighted by Crippen LogP contribution is 2.39. The van der Waals surface area contributed by atoms with E-state index in [1.165, 1.54) is 25.5 Å². The number of methoxy groups -OCH3 is 1. The average Bonchev–Trinajstić information content (AvgIpc) is 3.17. The van der Waals surface area contributed by atoms with Gasteiger partial charge in [0.2, 0.25) is 0 Å². The second-order valence-corrected chi connectivity index (χ2v) is 12.4. The van der Waals surface area contributed by atoms with Gasteiger partial charge in [-0.2, -0.15) is 18.3 Å². The van der Waals surface area contributed by atoms with E-state index in [0.29, 0.717) is 56.5 Å². The molecular weight excluding hydrogens is 545 g/mol. The molecule has 1 heterocycles. The summed E-state index contributed by atoms with van der Waals surface area (Å²) in [5, 5.41) is 9.51. The number of rotatable bonds is 10. The summed E-state index contributed by atoms with van der Waals surface area (Å²) < 4.78 is 69.6. The lowest BCUT2D eigenvalue weighted by atomic mass is 9.89. The van der Waals surface area contributed by atoms with Gasteiger partial charge >= 0.3 is 6.18 Å². The first-order chi connectivity index (χ1) is 17.8. The summed E-state index contributed by atoms with van der Waals surface area (Å²) in [6, 6.07) is 2.76. The van der Waals surface area contributed by atoms with Crippen LogP contribution in [0.4, 0.5) is 18.9 Å². The van der Waals surface area contributed by atoms with Gasteiger partial charge in [0.1, 0.15) is 21.6 Å². The Morgan fingerprint density at radius 3 is 2.47 bits per heavy atom. The summed E-state index contributed by atoms with van der Waals surface area (Å²) in [6.07, 6.45) is 0.0836. The third-order valence-corrected chi connectivity index (χ3v) is 8.87. The zero-order valence-electron chi connectivity index (χ0n) is 21.9. The maximum Gasteiger partial charge on any atom is 0.408 e. The molecule has 8 nitrogen and oxygen atoms in total. The Hall–Kier alpha value is -2.47. The number of carbonyl (C=O) groups is 1. The van der Waals surface area contributed by atoms with Gasteiger partial charge in [0.25, 0.3) is 5.91 Å². The molecule has 0 spiro atoms. The number of halogens is 4. The molecule has 2 aromatic rings. The van der Waals surface area contributed by atoms with Crippen LogP contribution in [-0.4, -0.2) is 61.5 Å². The normalized spacial score (nSPS) is 19.2. The fraction of sp³-hybridized carbons (Fsp3) is 0.600. The van der Waals surface area contributed by atoms with E-state index in [2.05, 4.69) is 15.7 Å². The van der Waals surface area contributed by atoms with Crippen molar-refractivity contribution in [2.75, 3.05) is 25.2 Å². The molecule has 0 bridgehead atoms. The monoisotopic (exact) mass is 578 g/mol. The molecule has 13 heteroatoms. The fourth-order valence-corrected chi connectivity index (χ4v) is 6.06. The molecule has 38 heavy (non-hydrogen) atoms. The van der Waals surface area contributed by atoms with Crippen LogP contribution in [0.25, 0.3) is 11.3 Å². The number of carbonyl (C=O) groups excluding carboxylic acids is 1. The highest BCUT2D eigenvalue weighted by Gasteiger charge is 2.36. The molecule has 1 aromatic carbocycles. The van der Waals surface area contributed by atoms with Gasteiger partial charge < -0.3 is 15.4 Å². The van der Waals surface area contributed by atoms with Crippen molar-refractivity contribution in [3.63, 3.8) is 0 Å². The zero-order valence-corrected chi connectivity index (χ0v) is 23.4. The number of alkyl halides is 3. The first-order valence-corrected chi connectivity index (χ1v) is 14.8. The summed E-state index contributed by atoms with van der Waals surface area (Å²) in [7, 11) is -1.67. The van der Waals surface area contributed by atoms with Crippen molar-refractivity contribution in [3.05, 3.63) is 28.9 Å². The summed E-state index contributed by atoms with van der Waals surface area (Å²) in [6.45, 7) is 3.79. The van der Waals surface area contributed by atoms with E-state index in [9.17, 15) is 26.4 Å². The number of amides is 1. The third-order valence-electron chi connectivity index (χ3n) is 6.83. The Bertz CT molecular complexity index is 1240. The maximum atomic E-state index is 13.0. The third kappa shape index (κ3) is 7.13. The van der Waals surface area contributed by atoms with E-state index in [1.807, 2.05) is 6.92 Å². The van der Waals surface area contributed by atoms with Crippen molar-refractivity contribution < 1.29 is 31.1 Å². The Morgan fingerprint density at radius 2 is 1.92 bits per heavy atom. The number of anilines is 1. The van der Waals surface area contributed by atoms with Crippen molar-refractivity contribution in [2.45, 2.75) is 70.0 Å². The van der Waals surface area contributed by atoms with Gasteiger partial charge in [0.05, 0.1) is 23.1 Å². The van der Waals surface area contributed by atoms with Crippen molar-refractivity contribution >= 4 is 33.0 Å². The van der Waals surface area contributed by atoms with Crippen LogP contribution in [0.3, 0.4) is 0 Å². The first kappa shape index (κ1) is 30.1. The smallest absolute Gasteiger partial charge is 0.408 e. The molecule has 1 saturated carbocycles. The van der Waals surface area contributed by atoms with Gasteiger partial charge in [-0.1, -0.05) is 18.5 Å². The van der Waals surface area contributed by atoms with E-state index in [4.69, 9.17) is 16.3 Å². The number of hydrogen-bond acceptors (Lipinski definition) is 6. The van der Waals surface area contributed by atoms with Crippen LogP contribution in [0.15, 0.2) is 18.2 Å². The molecule has 212 valence electrons. The van der Waals surface area contributed by atoms with E-state index in [1.54, 1.807) is 10.7 Å². The molecule has 1 atom stereocenters. The van der Waals surface area contributed by atoms with Crippen LogP contribution in [-0.2, 0) is 16.4 Å². The van der Waals surface area contributed by atoms with E-state index < -0.39 is 28.0 Å². The summed E-state index contributed by atoms with van der Waals surface area (Å²) in [5.41, 5.74) is 1.17. The molecular formula is C25H34ClF3N4O4S. The van der Waals surface area contributed by atoms with E-state index in [-0.39, 0.29) is 33.3 Å². The van der Waals surface area contributed by atoms with Gasteiger partial charge in [-0.25, -0.2) is 8.42 Å². The molecule has 3 rings (SSSR count). The highest BCUT2D eigenvalue weighted by atomic mass is 35.5. The minimum Gasteiger partial charge on any atom is -0.496 e. The van der Waals surface area contributed by atoms with Crippen molar-refractivity contribution in [2.24, 2.45) is 5.92 Å². The average molecular weight is 579 g/mol. The number of nitrogens with one attached hydrogen (secondary N) is 2. The first-order valence-electron chi connectivity index (χ1n) is 12.5. The van der Waals surface area contributed by atoms with Crippen LogP contribution >= 0.6 is 11.6 Å².